The quantitative estimate of drug-likeness (QED) is 0.597. The van der Waals surface area contributed by atoms with Gasteiger partial charge >= 0.3 is 0 Å². The number of rotatable bonds is 2. The molecule has 0 aliphatic rings. The molecule has 0 bridgehead atoms. The van der Waals surface area contributed by atoms with Gasteiger partial charge < -0.3 is 5.84 Å². The third-order valence-corrected chi connectivity index (χ3v) is 2.24. The Morgan fingerprint density at radius 1 is 1.27 bits per heavy atom. The van der Waals surface area contributed by atoms with Gasteiger partial charge in [0, 0.05) is 0 Å². The first-order chi connectivity index (χ1) is 7.27. The van der Waals surface area contributed by atoms with Crippen molar-refractivity contribution in [3.05, 3.63) is 46.5 Å². The number of hydrogen-bond donors (Lipinski definition) is 2. The highest BCUT2D eigenvalue weighted by molar-refractivity contribution is 7.71. The van der Waals surface area contributed by atoms with Gasteiger partial charge in [-0.25, -0.2) is 9.77 Å². The molecule has 0 unspecified atom stereocenters. The number of benzene rings is 1. The molecule has 3 N–H and O–H groups in total. The third-order valence-electron chi connectivity index (χ3n) is 1.96. The fraction of sp³-hybridized carbons (Fsp3) is 0. The largest absolute Gasteiger partial charge is 0.335 e. The summed E-state index contributed by atoms with van der Waals surface area (Å²) in [7, 11) is 0. The smallest absolute Gasteiger partial charge is 0.214 e. The van der Waals surface area contributed by atoms with E-state index in [-0.39, 0.29) is 0 Å². The first-order valence-corrected chi connectivity index (χ1v) is 4.84. The van der Waals surface area contributed by atoms with Crippen molar-refractivity contribution in [2.45, 2.75) is 0 Å². The molecule has 0 amide bonds. The molecule has 1 aromatic carbocycles. The Morgan fingerprint density at radius 2 is 2.00 bits per heavy atom. The predicted molar refractivity (Wildman–Crippen MR) is 62.9 cm³/mol. The van der Waals surface area contributed by atoms with E-state index in [0.717, 1.165) is 5.56 Å². The van der Waals surface area contributed by atoms with Crippen LogP contribution in [-0.4, -0.2) is 14.9 Å². The average Bonchev–Trinajstić information content (AvgIpc) is 2.59. The van der Waals surface area contributed by atoms with E-state index in [4.69, 9.17) is 18.1 Å². The molecule has 2 aromatic rings. The second kappa shape index (κ2) is 4.10. The van der Waals surface area contributed by atoms with Gasteiger partial charge in [0.05, 0.1) is 0 Å². The second-order valence-electron chi connectivity index (χ2n) is 3.00. The highest BCUT2D eigenvalue weighted by atomic mass is 32.1. The van der Waals surface area contributed by atoms with E-state index in [1.54, 1.807) is 0 Å². The van der Waals surface area contributed by atoms with Gasteiger partial charge in [0.1, 0.15) is 0 Å². The maximum atomic E-state index is 5.63. The molecular formula is C10H10N4S. The van der Waals surface area contributed by atoms with Crippen molar-refractivity contribution in [3.63, 3.8) is 0 Å². The van der Waals surface area contributed by atoms with Crippen LogP contribution in [0.3, 0.4) is 0 Å². The molecule has 0 aliphatic carbocycles. The summed E-state index contributed by atoms with van der Waals surface area (Å²) in [5, 5.41) is 6.58. The molecule has 2 rings (SSSR count). The van der Waals surface area contributed by atoms with Crippen molar-refractivity contribution in [3.8, 4) is 0 Å². The Morgan fingerprint density at radius 3 is 2.60 bits per heavy atom. The van der Waals surface area contributed by atoms with Crippen molar-refractivity contribution in [2.75, 3.05) is 5.84 Å². The number of aromatic nitrogens is 3. The summed E-state index contributed by atoms with van der Waals surface area (Å²) >= 11 is 4.89. The summed E-state index contributed by atoms with van der Waals surface area (Å²) in [6.45, 7) is 0. The molecule has 0 fully saturated rings. The minimum Gasteiger partial charge on any atom is -0.335 e. The van der Waals surface area contributed by atoms with Crippen LogP contribution in [0.1, 0.15) is 11.4 Å². The molecule has 0 saturated heterocycles. The predicted octanol–water partition coefficient (Wildman–Crippen LogP) is 1.82. The highest BCUT2D eigenvalue weighted by Crippen LogP contribution is 2.04. The molecule has 15 heavy (non-hydrogen) atoms. The molecule has 1 heterocycles. The molecule has 0 saturated carbocycles. The molecule has 0 atom stereocenters. The first-order valence-electron chi connectivity index (χ1n) is 4.43. The first kappa shape index (κ1) is 9.67. The Labute approximate surface area is 92.0 Å². The van der Waals surface area contributed by atoms with E-state index >= 15 is 0 Å². The molecule has 5 heteroatoms. The van der Waals surface area contributed by atoms with Gasteiger partial charge in [0.15, 0.2) is 5.82 Å². The lowest BCUT2D eigenvalue weighted by Crippen LogP contribution is -2.09. The lowest BCUT2D eigenvalue weighted by molar-refractivity contribution is 0.963. The number of hydrogen-bond acceptors (Lipinski definition) is 3. The van der Waals surface area contributed by atoms with E-state index in [1.165, 1.54) is 4.68 Å². The summed E-state index contributed by atoms with van der Waals surface area (Å²) in [6, 6.07) is 9.91. The Hall–Kier alpha value is -1.88. The number of nitrogens with one attached hydrogen (secondary N) is 1. The normalized spacial score (nSPS) is 10.9. The van der Waals surface area contributed by atoms with Crippen molar-refractivity contribution in [1.82, 2.24) is 14.9 Å². The van der Waals surface area contributed by atoms with Crippen LogP contribution in [0.25, 0.3) is 12.2 Å². The Balaban J connectivity index is 2.26. The Bertz CT molecular complexity index is 524. The van der Waals surface area contributed by atoms with Gasteiger partial charge in [-0.2, -0.15) is 5.10 Å². The molecule has 4 nitrogen and oxygen atoms in total. The van der Waals surface area contributed by atoms with Gasteiger partial charge in [0.25, 0.3) is 0 Å². The maximum Gasteiger partial charge on any atom is 0.214 e. The lowest BCUT2D eigenvalue weighted by atomic mass is 10.2. The van der Waals surface area contributed by atoms with Gasteiger partial charge in [-0.1, -0.05) is 36.4 Å². The number of H-pyrrole nitrogens is 1. The molecule has 76 valence electrons. The zero-order valence-electron chi connectivity index (χ0n) is 7.92. The van der Waals surface area contributed by atoms with Gasteiger partial charge in [-0.3, -0.25) is 0 Å². The highest BCUT2D eigenvalue weighted by Gasteiger charge is 1.96. The van der Waals surface area contributed by atoms with Crippen LogP contribution in [-0.2, 0) is 0 Å². The fourth-order valence-electron chi connectivity index (χ4n) is 1.17. The monoisotopic (exact) mass is 218 g/mol. The third kappa shape index (κ3) is 2.13. The van der Waals surface area contributed by atoms with Crippen molar-refractivity contribution >= 4 is 24.4 Å². The summed E-state index contributed by atoms with van der Waals surface area (Å²) in [4.78, 5) is 0. The van der Waals surface area contributed by atoms with Crippen molar-refractivity contribution < 1.29 is 0 Å². The van der Waals surface area contributed by atoms with Crippen LogP contribution < -0.4 is 5.84 Å². The number of nitrogens with two attached hydrogens (primary N) is 1. The van der Waals surface area contributed by atoms with E-state index in [9.17, 15) is 0 Å². The molecule has 0 radical (unpaired) electrons. The van der Waals surface area contributed by atoms with Gasteiger partial charge in [-0.15, -0.1) is 0 Å². The van der Waals surface area contributed by atoms with E-state index in [0.29, 0.717) is 10.6 Å². The Kier molecular flexibility index (Phi) is 2.64. The SMILES string of the molecule is Nn1c(/C=C/c2ccccc2)n[nH]c1=S. The lowest BCUT2D eigenvalue weighted by Gasteiger charge is -1.93. The van der Waals surface area contributed by atoms with E-state index < -0.39 is 0 Å². The minimum atomic E-state index is 0.405. The van der Waals surface area contributed by atoms with Crippen LogP contribution in [0, 0.1) is 4.77 Å². The summed E-state index contributed by atoms with van der Waals surface area (Å²) < 4.78 is 1.73. The number of nitrogen functional groups attached to an aromatic ring is 1. The molecular weight excluding hydrogens is 208 g/mol. The molecule has 0 spiro atoms. The van der Waals surface area contributed by atoms with Gasteiger partial charge in [-0.05, 0) is 23.9 Å². The topological polar surface area (TPSA) is 59.6 Å². The van der Waals surface area contributed by atoms with Crippen LogP contribution in [0.4, 0.5) is 0 Å². The second-order valence-corrected chi connectivity index (χ2v) is 3.39. The van der Waals surface area contributed by atoms with E-state index in [2.05, 4.69) is 10.2 Å². The average molecular weight is 218 g/mol. The number of nitrogens with zero attached hydrogens (tertiary/aromatic N) is 2. The van der Waals surface area contributed by atoms with Crippen LogP contribution >= 0.6 is 12.2 Å². The summed E-state index contributed by atoms with van der Waals surface area (Å²) in [6.07, 6.45) is 3.73. The molecule has 1 aromatic heterocycles. The van der Waals surface area contributed by atoms with Crippen molar-refractivity contribution in [2.24, 2.45) is 0 Å². The minimum absolute atomic E-state index is 0.405. The standard InChI is InChI=1S/C10H10N4S/c11-14-9(12-13-10(14)15)7-6-8-4-2-1-3-5-8/h1-7H,11H2,(H,13,15)/b7-6+. The van der Waals surface area contributed by atoms with Gasteiger partial charge in [0.2, 0.25) is 4.77 Å². The van der Waals surface area contributed by atoms with Crippen LogP contribution in [0.5, 0.6) is 0 Å². The zero-order chi connectivity index (χ0) is 10.7. The van der Waals surface area contributed by atoms with Crippen LogP contribution in [0.2, 0.25) is 0 Å². The molecule has 0 aliphatic heterocycles. The number of aromatic amines is 1. The van der Waals surface area contributed by atoms with E-state index in [1.807, 2.05) is 42.5 Å². The summed E-state index contributed by atoms with van der Waals surface area (Å²) in [5.41, 5.74) is 1.09. The fourth-order valence-corrected chi connectivity index (χ4v) is 1.31. The zero-order valence-corrected chi connectivity index (χ0v) is 8.74. The van der Waals surface area contributed by atoms with Crippen molar-refractivity contribution in [1.29, 1.82) is 0 Å². The summed E-state index contributed by atoms with van der Waals surface area (Å²) in [5.74, 6) is 6.24. The maximum absolute atomic E-state index is 5.63. The van der Waals surface area contributed by atoms with Crippen LogP contribution in [0.15, 0.2) is 30.3 Å².